The first-order valence-corrected chi connectivity index (χ1v) is 10.7. The highest BCUT2D eigenvalue weighted by Gasteiger charge is 2.58. The summed E-state index contributed by atoms with van der Waals surface area (Å²) in [6.07, 6.45) is 15.8. The number of hydrogen-bond donors (Lipinski definition) is 0. The molecule has 4 aliphatic rings. The number of rotatable bonds is 1. The van der Waals surface area contributed by atoms with Crippen LogP contribution < -0.4 is 0 Å². The van der Waals surface area contributed by atoms with Crippen molar-refractivity contribution in [2.75, 3.05) is 14.1 Å². The Morgan fingerprint density at radius 3 is 2.46 bits per heavy atom. The highest BCUT2D eigenvalue weighted by molar-refractivity contribution is 5.23. The lowest BCUT2D eigenvalue weighted by atomic mass is 9.45. The smallest absolute Gasteiger partial charge is 0.00922 e. The van der Waals surface area contributed by atoms with Crippen LogP contribution in [0, 0.1) is 34.5 Å². The molecule has 1 unspecified atom stereocenters. The van der Waals surface area contributed by atoms with Crippen LogP contribution in [0.1, 0.15) is 78.6 Å². The molecule has 0 saturated heterocycles. The van der Waals surface area contributed by atoms with Crippen LogP contribution in [-0.4, -0.2) is 25.0 Å². The van der Waals surface area contributed by atoms with E-state index in [0.29, 0.717) is 10.8 Å². The van der Waals surface area contributed by atoms with Crippen molar-refractivity contribution in [3.63, 3.8) is 0 Å². The van der Waals surface area contributed by atoms with Gasteiger partial charge in [-0.25, -0.2) is 0 Å². The molecule has 0 aliphatic heterocycles. The van der Waals surface area contributed by atoms with Crippen LogP contribution >= 0.6 is 0 Å². The zero-order valence-electron chi connectivity index (χ0n) is 16.8. The number of fused-ring (bicyclic) bond motifs is 5. The maximum absolute atomic E-state index is 2.70. The van der Waals surface area contributed by atoms with E-state index >= 15 is 0 Å². The Bertz CT molecular complexity index is 520. The molecule has 136 valence electrons. The van der Waals surface area contributed by atoms with Gasteiger partial charge in [0.25, 0.3) is 0 Å². The Balaban J connectivity index is 1.58. The van der Waals surface area contributed by atoms with Crippen LogP contribution in [-0.2, 0) is 0 Å². The van der Waals surface area contributed by atoms with Gasteiger partial charge in [0, 0.05) is 6.04 Å². The molecule has 24 heavy (non-hydrogen) atoms. The first kappa shape index (κ1) is 17.1. The molecule has 0 bridgehead atoms. The summed E-state index contributed by atoms with van der Waals surface area (Å²) in [4.78, 5) is 2.50. The third-order valence-electron chi connectivity index (χ3n) is 9.56. The highest BCUT2D eigenvalue weighted by Crippen LogP contribution is 2.67. The van der Waals surface area contributed by atoms with Crippen LogP contribution in [0.15, 0.2) is 11.6 Å². The Labute approximate surface area is 150 Å². The molecule has 1 nitrogen and oxygen atoms in total. The van der Waals surface area contributed by atoms with E-state index in [1.54, 1.807) is 5.57 Å². The molecule has 4 rings (SSSR count). The fraction of sp³-hybridized carbons (Fsp3) is 0.913. The maximum Gasteiger partial charge on any atom is 0.00922 e. The van der Waals surface area contributed by atoms with Crippen molar-refractivity contribution in [2.45, 2.75) is 84.6 Å². The first-order chi connectivity index (χ1) is 11.4. The first-order valence-electron chi connectivity index (χ1n) is 10.7. The van der Waals surface area contributed by atoms with Gasteiger partial charge in [-0.05, 0) is 113 Å². The van der Waals surface area contributed by atoms with Crippen molar-refractivity contribution >= 4 is 0 Å². The lowest BCUT2D eigenvalue weighted by molar-refractivity contribution is -0.107. The Morgan fingerprint density at radius 2 is 1.75 bits per heavy atom. The molecule has 0 spiro atoms. The predicted octanol–water partition coefficient (Wildman–Crippen LogP) is 5.91. The molecule has 0 aromatic heterocycles. The third kappa shape index (κ3) is 2.29. The third-order valence-corrected chi connectivity index (χ3v) is 9.56. The van der Waals surface area contributed by atoms with Crippen LogP contribution in [0.2, 0.25) is 0 Å². The number of nitrogens with zero attached hydrogens (tertiary/aromatic N) is 1. The quantitative estimate of drug-likeness (QED) is 0.541. The molecular weight excluding hydrogens is 290 g/mol. The summed E-state index contributed by atoms with van der Waals surface area (Å²) in [6.45, 7) is 7.61. The van der Waals surface area contributed by atoms with Gasteiger partial charge in [-0.1, -0.05) is 25.5 Å². The largest absolute Gasteiger partial charge is 0.306 e. The molecule has 4 saturated carbocycles. The SMILES string of the molecule is C/C=C1/CC[C@H]2[C@@H]3CCC4C[C@H](N(C)C)CC[C@]4(C)[C@H]3CC[C@]12C. The van der Waals surface area contributed by atoms with Gasteiger partial charge < -0.3 is 4.90 Å². The van der Waals surface area contributed by atoms with Crippen LogP contribution in [0.5, 0.6) is 0 Å². The molecule has 0 radical (unpaired) electrons. The van der Waals surface area contributed by atoms with Gasteiger partial charge in [0.2, 0.25) is 0 Å². The van der Waals surface area contributed by atoms with Crippen molar-refractivity contribution in [3.8, 4) is 0 Å². The summed E-state index contributed by atoms with van der Waals surface area (Å²) in [5.41, 5.74) is 3.00. The van der Waals surface area contributed by atoms with E-state index in [2.05, 4.69) is 45.8 Å². The fourth-order valence-electron chi connectivity index (χ4n) is 8.03. The van der Waals surface area contributed by atoms with Crippen molar-refractivity contribution < 1.29 is 0 Å². The minimum absolute atomic E-state index is 0.556. The highest BCUT2D eigenvalue weighted by atomic mass is 15.1. The second kappa shape index (κ2) is 5.86. The van der Waals surface area contributed by atoms with E-state index < -0.39 is 0 Å². The molecular formula is C23H39N. The molecule has 1 heteroatoms. The Kier molecular flexibility index (Phi) is 4.18. The molecule has 7 atom stereocenters. The molecule has 0 aromatic rings. The van der Waals surface area contributed by atoms with E-state index in [4.69, 9.17) is 0 Å². The molecule has 0 heterocycles. The summed E-state index contributed by atoms with van der Waals surface area (Å²) >= 11 is 0. The average Bonchev–Trinajstić information content (AvgIpc) is 2.90. The normalized spacial score (nSPS) is 52.9. The van der Waals surface area contributed by atoms with E-state index in [0.717, 1.165) is 29.7 Å². The van der Waals surface area contributed by atoms with Gasteiger partial charge in [-0.15, -0.1) is 0 Å². The predicted molar refractivity (Wildman–Crippen MR) is 103 cm³/mol. The van der Waals surface area contributed by atoms with E-state index in [9.17, 15) is 0 Å². The lowest BCUT2D eigenvalue weighted by Crippen LogP contribution is -2.54. The second-order valence-electron chi connectivity index (χ2n) is 10.4. The standard InChI is InChI=1S/C23H39N/c1-6-16-8-10-20-19-9-7-17-15-18(24(4)5)11-13-23(17,3)21(19)12-14-22(16,20)2/h6,17-21H,7-15H2,1-5H3/b16-6-/t17?,18-,19+,20+,21+,22-,23+/m1/s1. The van der Waals surface area contributed by atoms with Gasteiger partial charge in [0.1, 0.15) is 0 Å². The van der Waals surface area contributed by atoms with E-state index in [1.807, 2.05) is 0 Å². The molecule has 4 fully saturated rings. The topological polar surface area (TPSA) is 3.24 Å². The molecule has 0 N–H and O–H groups in total. The van der Waals surface area contributed by atoms with Crippen molar-refractivity contribution in [1.29, 1.82) is 0 Å². The Morgan fingerprint density at radius 1 is 0.958 bits per heavy atom. The number of hydrogen-bond acceptors (Lipinski definition) is 1. The summed E-state index contributed by atoms with van der Waals surface area (Å²) in [5.74, 6) is 4.03. The van der Waals surface area contributed by atoms with Crippen molar-refractivity contribution in [1.82, 2.24) is 4.90 Å². The molecule has 4 aliphatic carbocycles. The monoisotopic (exact) mass is 329 g/mol. The number of allylic oxidation sites excluding steroid dienone is 2. The fourth-order valence-corrected chi connectivity index (χ4v) is 8.03. The van der Waals surface area contributed by atoms with Crippen LogP contribution in [0.25, 0.3) is 0 Å². The van der Waals surface area contributed by atoms with E-state index in [1.165, 1.54) is 57.8 Å². The second-order valence-corrected chi connectivity index (χ2v) is 10.4. The molecule has 0 aromatic carbocycles. The summed E-state index contributed by atoms with van der Waals surface area (Å²) in [5, 5.41) is 0. The van der Waals surface area contributed by atoms with Gasteiger partial charge in [0.15, 0.2) is 0 Å². The van der Waals surface area contributed by atoms with E-state index in [-0.39, 0.29) is 0 Å². The minimum atomic E-state index is 0.556. The Hall–Kier alpha value is -0.300. The summed E-state index contributed by atoms with van der Waals surface area (Å²) < 4.78 is 0. The molecule has 0 amide bonds. The maximum atomic E-state index is 2.70. The summed E-state index contributed by atoms with van der Waals surface area (Å²) in [6, 6.07) is 0.842. The minimum Gasteiger partial charge on any atom is -0.306 e. The van der Waals surface area contributed by atoms with Crippen LogP contribution in [0.4, 0.5) is 0 Å². The average molecular weight is 330 g/mol. The van der Waals surface area contributed by atoms with Gasteiger partial charge in [0.05, 0.1) is 0 Å². The lowest BCUT2D eigenvalue weighted by Gasteiger charge is -2.61. The van der Waals surface area contributed by atoms with Gasteiger partial charge in [-0.2, -0.15) is 0 Å². The van der Waals surface area contributed by atoms with Gasteiger partial charge in [-0.3, -0.25) is 0 Å². The zero-order valence-corrected chi connectivity index (χ0v) is 16.8. The van der Waals surface area contributed by atoms with Gasteiger partial charge >= 0.3 is 0 Å². The van der Waals surface area contributed by atoms with Crippen molar-refractivity contribution in [2.24, 2.45) is 34.5 Å². The zero-order chi connectivity index (χ0) is 17.1. The summed E-state index contributed by atoms with van der Waals surface area (Å²) in [7, 11) is 4.59. The van der Waals surface area contributed by atoms with Crippen LogP contribution in [0.3, 0.4) is 0 Å². The van der Waals surface area contributed by atoms with Crippen molar-refractivity contribution in [3.05, 3.63) is 11.6 Å².